The Morgan fingerprint density at radius 3 is 2.52 bits per heavy atom. The first kappa shape index (κ1) is 17.5. The molecule has 3 aromatic rings. The van der Waals surface area contributed by atoms with Gasteiger partial charge < -0.3 is 10.3 Å². The number of anilines is 1. The van der Waals surface area contributed by atoms with Gasteiger partial charge in [-0.25, -0.2) is 8.42 Å². The molecule has 2 aromatic carbocycles. The molecule has 3 rings (SSSR count). The van der Waals surface area contributed by atoms with Crippen LogP contribution in [0.15, 0.2) is 54.7 Å². The van der Waals surface area contributed by atoms with Crippen molar-refractivity contribution in [3.8, 4) is 0 Å². The van der Waals surface area contributed by atoms with E-state index >= 15 is 0 Å². The van der Waals surface area contributed by atoms with E-state index in [1.807, 2.05) is 43.6 Å². The number of sulfonamides is 1. The molecule has 0 aliphatic heterocycles. The first-order valence-electron chi connectivity index (χ1n) is 8.27. The average Bonchev–Trinajstić information content (AvgIpc) is 3.00. The van der Waals surface area contributed by atoms with Gasteiger partial charge in [0, 0.05) is 23.0 Å². The molecule has 0 bridgehead atoms. The maximum Gasteiger partial charge on any atom is 0.229 e. The maximum atomic E-state index is 11.8. The Labute approximate surface area is 148 Å². The Hall–Kier alpha value is -2.31. The molecule has 1 aromatic heterocycles. The van der Waals surface area contributed by atoms with Crippen LogP contribution in [0.5, 0.6) is 0 Å². The van der Waals surface area contributed by atoms with E-state index < -0.39 is 10.0 Å². The van der Waals surface area contributed by atoms with Crippen LogP contribution in [0, 0.1) is 0 Å². The molecule has 0 saturated carbocycles. The first-order valence-corrected chi connectivity index (χ1v) is 10.2. The molecular weight excluding hydrogens is 334 g/mol. The van der Waals surface area contributed by atoms with Gasteiger partial charge in [0.2, 0.25) is 10.0 Å². The van der Waals surface area contributed by atoms with E-state index in [2.05, 4.69) is 27.2 Å². The number of nitrogens with one attached hydrogen (secondary N) is 3. The summed E-state index contributed by atoms with van der Waals surface area (Å²) in [5.41, 5.74) is 3.85. The lowest BCUT2D eigenvalue weighted by Gasteiger charge is -2.18. The van der Waals surface area contributed by atoms with Gasteiger partial charge in [0.25, 0.3) is 0 Å². The summed E-state index contributed by atoms with van der Waals surface area (Å²) in [5.74, 6) is 0.171. The predicted molar refractivity (Wildman–Crippen MR) is 104 cm³/mol. The highest BCUT2D eigenvalue weighted by Gasteiger charge is 2.20. The minimum Gasteiger partial charge on any atom is -0.361 e. The lowest BCUT2D eigenvalue weighted by atomic mass is 9.88. The van der Waals surface area contributed by atoms with E-state index in [1.165, 1.54) is 11.8 Å². The zero-order chi connectivity index (χ0) is 17.9. The number of benzene rings is 2. The smallest absolute Gasteiger partial charge is 0.229 e. The number of fused-ring (bicyclic) bond motifs is 1. The Bertz CT molecular complexity index is 949. The van der Waals surface area contributed by atoms with Gasteiger partial charge in [-0.3, -0.25) is 4.72 Å². The molecule has 1 atom stereocenters. The van der Waals surface area contributed by atoms with E-state index in [4.69, 9.17) is 0 Å². The molecule has 1 heterocycles. The summed E-state index contributed by atoms with van der Waals surface area (Å²) in [6.45, 7) is 0.869. The van der Waals surface area contributed by atoms with Crippen LogP contribution in [0.2, 0.25) is 0 Å². The summed E-state index contributed by atoms with van der Waals surface area (Å²) < 4.78 is 26.2. The van der Waals surface area contributed by atoms with Gasteiger partial charge in [-0.1, -0.05) is 36.4 Å². The zero-order valence-corrected chi connectivity index (χ0v) is 15.2. The Morgan fingerprint density at radius 2 is 1.84 bits per heavy atom. The molecule has 25 heavy (non-hydrogen) atoms. The lowest BCUT2D eigenvalue weighted by Crippen LogP contribution is -2.14. The van der Waals surface area contributed by atoms with Crippen molar-refractivity contribution in [3.05, 3.63) is 65.9 Å². The van der Waals surface area contributed by atoms with Crippen LogP contribution in [-0.4, -0.2) is 33.2 Å². The van der Waals surface area contributed by atoms with Crippen molar-refractivity contribution in [2.45, 2.75) is 12.3 Å². The molecule has 0 saturated heterocycles. The van der Waals surface area contributed by atoms with Crippen LogP contribution in [0.1, 0.15) is 23.5 Å². The number of aromatic amines is 1. The van der Waals surface area contributed by atoms with E-state index in [1.54, 1.807) is 6.07 Å². The predicted octanol–water partition coefficient (Wildman–Crippen LogP) is 3.28. The third kappa shape index (κ3) is 4.03. The fraction of sp³-hybridized carbons (Fsp3) is 0.263. The number of rotatable bonds is 7. The SMILES string of the molecule is CNCCC(c1ccccc1)c1c[nH]c2cccc(NS(C)(=O)=O)c12. The van der Waals surface area contributed by atoms with Gasteiger partial charge >= 0.3 is 0 Å². The molecule has 0 fully saturated rings. The average molecular weight is 357 g/mol. The van der Waals surface area contributed by atoms with Crippen molar-refractivity contribution in [3.63, 3.8) is 0 Å². The van der Waals surface area contributed by atoms with Crippen LogP contribution in [0.3, 0.4) is 0 Å². The fourth-order valence-electron chi connectivity index (χ4n) is 3.25. The third-order valence-electron chi connectivity index (χ3n) is 4.29. The Morgan fingerprint density at radius 1 is 1.08 bits per heavy atom. The number of hydrogen-bond acceptors (Lipinski definition) is 3. The molecule has 0 amide bonds. The molecule has 5 nitrogen and oxygen atoms in total. The number of aromatic nitrogens is 1. The van der Waals surface area contributed by atoms with E-state index in [-0.39, 0.29) is 5.92 Å². The third-order valence-corrected chi connectivity index (χ3v) is 4.88. The van der Waals surface area contributed by atoms with Crippen LogP contribution in [0.4, 0.5) is 5.69 Å². The minimum atomic E-state index is -3.35. The highest BCUT2D eigenvalue weighted by molar-refractivity contribution is 7.92. The molecular formula is C19H23N3O2S. The lowest BCUT2D eigenvalue weighted by molar-refractivity contribution is 0.607. The second-order valence-corrected chi connectivity index (χ2v) is 7.95. The quantitative estimate of drug-likeness (QED) is 0.607. The van der Waals surface area contributed by atoms with E-state index in [9.17, 15) is 8.42 Å². The fourth-order valence-corrected chi connectivity index (χ4v) is 3.82. The second kappa shape index (κ2) is 7.29. The van der Waals surface area contributed by atoms with Crippen molar-refractivity contribution in [2.24, 2.45) is 0 Å². The summed E-state index contributed by atoms with van der Waals surface area (Å²) in [6, 6.07) is 15.9. The van der Waals surface area contributed by atoms with E-state index in [0.717, 1.165) is 29.4 Å². The monoisotopic (exact) mass is 357 g/mol. The van der Waals surface area contributed by atoms with Gasteiger partial charge in [-0.15, -0.1) is 0 Å². The molecule has 132 valence electrons. The largest absolute Gasteiger partial charge is 0.361 e. The maximum absolute atomic E-state index is 11.8. The second-order valence-electron chi connectivity index (χ2n) is 6.20. The Kier molecular flexibility index (Phi) is 5.11. The van der Waals surface area contributed by atoms with Gasteiger partial charge in [0.1, 0.15) is 0 Å². The summed E-state index contributed by atoms with van der Waals surface area (Å²) in [4.78, 5) is 3.29. The van der Waals surface area contributed by atoms with Crippen molar-refractivity contribution in [1.29, 1.82) is 0 Å². The highest BCUT2D eigenvalue weighted by atomic mass is 32.2. The van der Waals surface area contributed by atoms with Crippen LogP contribution >= 0.6 is 0 Å². The summed E-state index contributed by atoms with van der Waals surface area (Å²) in [6.07, 6.45) is 4.08. The van der Waals surface area contributed by atoms with Gasteiger partial charge in [0.15, 0.2) is 0 Å². The minimum absolute atomic E-state index is 0.171. The molecule has 6 heteroatoms. The normalized spacial score (nSPS) is 13.0. The van der Waals surface area contributed by atoms with Crippen molar-refractivity contribution < 1.29 is 8.42 Å². The van der Waals surface area contributed by atoms with Gasteiger partial charge in [-0.05, 0) is 43.3 Å². The number of H-pyrrole nitrogens is 1. The van der Waals surface area contributed by atoms with Gasteiger partial charge in [-0.2, -0.15) is 0 Å². The molecule has 0 aliphatic carbocycles. The van der Waals surface area contributed by atoms with Crippen molar-refractivity contribution in [2.75, 3.05) is 24.6 Å². The van der Waals surface area contributed by atoms with E-state index in [0.29, 0.717) is 5.69 Å². The molecule has 0 spiro atoms. The van der Waals surface area contributed by atoms with Crippen molar-refractivity contribution >= 4 is 26.6 Å². The van der Waals surface area contributed by atoms with Crippen LogP contribution in [0.25, 0.3) is 10.9 Å². The topological polar surface area (TPSA) is 74.0 Å². The summed E-state index contributed by atoms with van der Waals surface area (Å²) in [7, 11) is -1.41. The van der Waals surface area contributed by atoms with Crippen molar-refractivity contribution in [1.82, 2.24) is 10.3 Å². The Balaban J connectivity index is 2.14. The highest BCUT2D eigenvalue weighted by Crippen LogP contribution is 2.37. The molecule has 0 aliphatic rings. The first-order chi connectivity index (χ1) is 12.0. The standard InChI is InChI=1S/C19H23N3O2S/c1-20-12-11-15(14-7-4-3-5-8-14)16-13-21-17-9-6-10-18(19(16)17)22-25(2,23)24/h3-10,13,15,20-22H,11-12H2,1-2H3. The molecule has 0 radical (unpaired) electrons. The molecule has 3 N–H and O–H groups in total. The van der Waals surface area contributed by atoms with Gasteiger partial charge in [0.05, 0.1) is 11.9 Å². The van der Waals surface area contributed by atoms with Crippen LogP contribution in [-0.2, 0) is 10.0 Å². The zero-order valence-electron chi connectivity index (χ0n) is 14.4. The molecule has 1 unspecified atom stereocenters. The van der Waals surface area contributed by atoms with Crippen LogP contribution < -0.4 is 10.0 Å². The number of hydrogen-bond donors (Lipinski definition) is 3. The summed E-state index contributed by atoms with van der Waals surface area (Å²) >= 11 is 0. The summed E-state index contributed by atoms with van der Waals surface area (Å²) in [5, 5.41) is 4.14.